The van der Waals surface area contributed by atoms with Crippen molar-refractivity contribution in [3.05, 3.63) is 16.1 Å². The minimum atomic E-state index is 0.574. The van der Waals surface area contributed by atoms with Gasteiger partial charge in [0.1, 0.15) is 0 Å². The third-order valence-corrected chi connectivity index (χ3v) is 6.34. The van der Waals surface area contributed by atoms with Gasteiger partial charge in [0.25, 0.3) is 0 Å². The molecule has 0 bridgehead atoms. The summed E-state index contributed by atoms with van der Waals surface area (Å²) in [5.41, 5.74) is 0. The van der Waals surface area contributed by atoms with Crippen LogP contribution in [0.2, 0.25) is 0 Å². The molecule has 1 aliphatic rings. The van der Waals surface area contributed by atoms with Crippen molar-refractivity contribution in [3.8, 4) is 0 Å². The number of nitrogens with zero attached hydrogens (tertiary/aromatic N) is 3. The van der Waals surface area contributed by atoms with E-state index in [9.17, 15) is 0 Å². The molecular formula is C19H35N5S. The molecule has 0 spiro atoms. The van der Waals surface area contributed by atoms with Crippen molar-refractivity contribution in [2.24, 2.45) is 10.9 Å². The summed E-state index contributed by atoms with van der Waals surface area (Å²) in [6, 6.07) is 0.574. The molecule has 0 amide bonds. The Kier molecular flexibility index (Phi) is 8.68. The van der Waals surface area contributed by atoms with Crippen LogP contribution in [0.5, 0.6) is 0 Å². The number of hydrogen-bond donors (Lipinski definition) is 2. The lowest BCUT2D eigenvalue weighted by atomic mass is 9.83. The molecule has 1 aromatic heterocycles. The number of likely N-dealkylation sites (N-methyl/N-ethyl adjacent to an activating group) is 1. The van der Waals surface area contributed by atoms with Crippen LogP contribution in [0.3, 0.4) is 0 Å². The van der Waals surface area contributed by atoms with Crippen LogP contribution in [0.4, 0.5) is 0 Å². The topological polar surface area (TPSA) is 52.6 Å². The Hall–Kier alpha value is -1.14. The Morgan fingerprint density at radius 2 is 2.08 bits per heavy atom. The van der Waals surface area contributed by atoms with E-state index in [0.29, 0.717) is 6.04 Å². The van der Waals surface area contributed by atoms with Gasteiger partial charge >= 0.3 is 0 Å². The van der Waals surface area contributed by atoms with Crippen molar-refractivity contribution >= 4 is 17.3 Å². The van der Waals surface area contributed by atoms with E-state index in [-0.39, 0.29) is 0 Å². The highest BCUT2D eigenvalue weighted by Gasteiger charge is 2.25. The molecule has 25 heavy (non-hydrogen) atoms. The maximum absolute atomic E-state index is 4.48. The number of thiazole rings is 1. The summed E-state index contributed by atoms with van der Waals surface area (Å²) in [4.78, 5) is 12.6. The lowest BCUT2D eigenvalue weighted by molar-refractivity contribution is 0.171. The minimum absolute atomic E-state index is 0.574. The third-order valence-electron chi connectivity index (χ3n) is 5.14. The summed E-state index contributed by atoms with van der Waals surface area (Å²) < 4.78 is 0. The molecule has 0 aliphatic heterocycles. The number of hydrogen-bond acceptors (Lipinski definition) is 4. The van der Waals surface area contributed by atoms with Crippen LogP contribution in [-0.2, 0) is 12.8 Å². The van der Waals surface area contributed by atoms with E-state index in [1.54, 1.807) is 0 Å². The lowest BCUT2D eigenvalue weighted by Gasteiger charge is -2.35. The van der Waals surface area contributed by atoms with Crippen LogP contribution in [0.15, 0.2) is 11.2 Å². The average molecular weight is 366 g/mol. The zero-order chi connectivity index (χ0) is 18.1. The number of aromatic nitrogens is 1. The van der Waals surface area contributed by atoms with E-state index in [2.05, 4.69) is 46.5 Å². The molecule has 1 aliphatic carbocycles. The zero-order valence-electron chi connectivity index (χ0n) is 16.3. The van der Waals surface area contributed by atoms with Gasteiger partial charge in [-0.2, -0.15) is 0 Å². The van der Waals surface area contributed by atoms with E-state index >= 15 is 0 Å². The second-order valence-electron chi connectivity index (χ2n) is 7.13. The normalized spacial score (nSPS) is 17.7. The number of rotatable bonds is 8. The number of guanidine groups is 1. The van der Waals surface area contributed by atoms with Crippen molar-refractivity contribution in [1.82, 2.24) is 20.5 Å². The summed E-state index contributed by atoms with van der Waals surface area (Å²) in [7, 11) is 6.25. The van der Waals surface area contributed by atoms with Crippen molar-refractivity contribution in [2.45, 2.75) is 57.9 Å². The van der Waals surface area contributed by atoms with Crippen molar-refractivity contribution < 1.29 is 0 Å². The molecule has 1 fully saturated rings. The van der Waals surface area contributed by atoms with Gasteiger partial charge in [-0.25, -0.2) is 4.98 Å². The molecule has 0 radical (unpaired) electrons. The summed E-state index contributed by atoms with van der Waals surface area (Å²) in [6.45, 7) is 4.00. The fourth-order valence-corrected chi connectivity index (χ4v) is 4.49. The van der Waals surface area contributed by atoms with Crippen LogP contribution in [0, 0.1) is 5.92 Å². The molecule has 2 N–H and O–H groups in total. The summed E-state index contributed by atoms with van der Waals surface area (Å²) in [6.07, 6.45) is 10.9. The molecule has 0 aromatic carbocycles. The maximum atomic E-state index is 4.48. The Balaban J connectivity index is 1.75. The Labute approximate surface area is 157 Å². The van der Waals surface area contributed by atoms with Gasteiger partial charge in [0.05, 0.1) is 5.01 Å². The zero-order valence-corrected chi connectivity index (χ0v) is 17.2. The second kappa shape index (κ2) is 10.8. The van der Waals surface area contributed by atoms with E-state index in [0.717, 1.165) is 37.8 Å². The number of aliphatic imine (C=N–C) groups is 1. The fraction of sp³-hybridized carbons (Fsp3) is 0.789. The smallest absolute Gasteiger partial charge is 0.191 e. The summed E-state index contributed by atoms with van der Waals surface area (Å²) >= 11 is 1.82. The molecule has 142 valence electrons. The highest BCUT2D eigenvalue weighted by atomic mass is 32.1. The average Bonchev–Trinajstić information content (AvgIpc) is 3.09. The van der Waals surface area contributed by atoms with Crippen LogP contribution >= 0.6 is 11.3 Å². The standard InChI is InChI=1S/C19H35N5S/c1-5-16-13-22-18(25-16)11-12-21-19(20-2)23-14-17(24(3)4)15-9-7-6-8-10-15/h13,15,17H,5-12,14H2,1-4H3,(H2,20,21,23). The van der Waals surface area contributed by atoms with Gasteiger partial charge in [-0.15, -0.1) is 11.3 Å². The van der Waals surface area contributed by atoms with Gasteiger partial charge in [-0.05, 0) is 39.3 Å². The molecule has 1 unspecified atom stereocenters. The van der Waals surface area contributed by atoms with Crippen LogP contribution in [0.25, 0.3) is 0 Å². The quantitative estimate of drug-likeness (QED) is 0.549. The highest BCUT2D eigenvalue weighted by molar-refractivity contribution is 7.11. The Morgan fingerprint density at radius 3 is 2.68 bits per heavy atom. The molecule has 1 saturated carbocycles. The SMILES string of the molecule is CCc1cnc(CCNC(=NC)NCC(C2CCCCC2)N(C)C)s1. The first kappa shape index (κ1) is 20.2. The fourth-order valence-electron chi connectivity index (χ4n) is 3.63. The molecule has 0 saturated heterocycles. The predicted octanol–water partition coefficient (Wildman–Crippen LogP) is 2.92. The van der Waals surface area contributed by atoms with E-state index in [4.69, 9.17) is 0 Å². The maximum Gasteiger partial charge on any atom is 0.191 e. The van der Waals surface area contributed by atoms with Crippen LogP contribution in [-0.4, -0.2) is 56.1 Å². The third kappa shape index (κ3) is 6.59. The van der Waals surface area contributed by atoms with Crippen LogP contribution in [0.1, 0.15) is 48.9 Å². The van der Waals surface area contributed by atoms with E-state index in [1.807, 2.05) is 24.6 Å². The molecule has 1 heterocycles. The first-order chi connectivity index (χ1) is 12.1. The monoisotopic (exact) mass is 365 g/mol. The number of nitrogens with one attached hydrogen (secondary N) is 2. The van der Waals surface area contributed by atoms with Gasteiger partial charge in [0.2, 0.25) is 0 Å². The summed E-state index contributed by atoms with van der Waals surface area (Å²) in [5, 5.41) is 8.16. The second-order valence-corrected chi connectivity index (χ2v) is 8.33. The first-order valence-corrected chi connectivity index (χ1v) is 10.5. The van der Waals surface area contributed by atoms with Gasteiger partial charge in [-0.3, -0.25) is 4.99 Å². The number of aryl methyl sites for hydroxylation is 1. The molecule has 5 nitrogen and oxygen atoms in total. The Bertz CT molecular complexity index is 520. The van der Waals surface area contributed by atoms with E-state index < -0.39 is 0 Å². The van der Waals surface area contributed by atoms with Gasteiger partial charge in [0, 0.05) is 43.7 Å². The van der Waals surface area contributed by atoms with Gasteiger partial charge in [0.15, 0.2) is 5.96 Å². The van der Waals surface area contributed by atoms with Crippen molar-refractivity contribution in [3.63, 3.8) is 0 Å². The van der Waals surface area contributed by atoms with Gasteiger partial charge in [-0.1, -0.05) is 26.2 Å². The van der Waals surface area contributed by atoms with Crippen molar-refractivity contribution in [2.75, 3.05) is 34.2 Å². The highest BCUT2D eigenvalue weighted by Crippen LogP contribution is 2.28. The van der Waals surface area contributed by atoms with Gasteiger partial charge < -0.3 is 15.5 Å². The summed E-state index contributed by atoms with van der Waals surface area (Å²) in [5.74, 6) is 1.70. The molecule has 1 atom stereocenters. The molecular weight excluding hydrogens is 330 g/mol. The molecule has 2 rings (SSSR count). The van der Waals surface area contributed by atoms with Crippen molar-refractivity contribution in [1.29, 1.82) is 0 Å². The predicted molar refractivity (Wildman–Crippen MR) is 109 cm³/mol. The lowest BCUT2D eigenvalue weighted by Crippen LogP contribution is -2.48. The molecule has 6 heteroatoms. The van der Waals surface area contributed by atoms with Crippen LogP contribution < -0.4 is 10.6 Å². The molecule has 1 aromatic rings. The van der Waals surface area contributed by atoms with E-state index in [1.165, 1.54) is 42.0 Å². The largest absolute Gasteiger partial charge is 0.356 e. The first-order valence-electron chi connectivity index (χ1n) is 9.68. The minimum Gasteiger partial charge on any atom is -0.356 e. The Morgan fingerprint density at radius 1 is 1.32 bits per heavy atom.